The lowest BCUT2D eigenvalue weighted by molar-refractivity contribution is -0.344. The molecule has 16 heteroatoms. The predicted molar refractivity (Wildman–Crippen MR) is 226 cm³/mol. The molecule has 3 aliphatic carbocycles. The Labute approximate surface area is 354 Å². The van der Waals surface area contributed by atoms with E-state index in [1.54, 1.807) is 55.4 Å². The number of aliphatic hydroxyl groups is 3. The topological polar surface area (TPSA) is 196 Å². The molecular weight excluding hydrogens is 795 g/mol. The van der Waals surface area contributed by atoms with Crippen molar-refractivity contribution in [2.24, 2.45) is 16.7 Å². The van der Waals surface area contributed by atoms with E-state index in [-0.39, 0.29) is 25.0 Å². The minimum Gasteiger partial charge on any atom is -0.459 e. The summed E-state index contributed by atoms with van der Waals surface area (Å²) in [5, 5.41) is 41.4. The first-order valence-corrected chi connectivity index (χ1v) is 26.9. The van der Waals surface area contributed by atoms with E-state index in [4.69, 9.17) is 27.8 Å². The van der Waals surface area contributed by atoms with Gasteiger partial charge in [-0.25, -0.2) is 9.59 Å². The molecular formula is C43H75NO13Si2. The molecule has 3 fully saturated rings. The normalized spacial score (nSPS) is 34.2. The third-order valence-electron chi connectivity index (χ3n) is 15.0. The molecule has 1 unspecified atom stereocenters. The highest BCUT2D eigenvalue weighted by molar-refractivity contribution is 6.74. The minimum atomic E-state index is -2.53. The fraction of sp³-hybridized carbons (Fsp3) is 0.860. The number of esters is 2. The number of ether oxygens (including phenoxy) is 4. The first-order valence-electron chi connectivity index (χ1n) is 21.9. The molecule has 1 saturated heterocycles. The van der Waals surface area contributed by atoms with Crippen molar-refractivity contribution in [3.63, 3.8) is 0 Å². The van der Waals surface area contributed by atoms with Crippen molar-refractivity contribution in [3.05, 3.63) is 11.1 Å². The Balaban J connectivity index is 1.92. The van der Waals surface area contributed by atoms with Crippen molar-refractivity contribution in [2.45, 2.75) is 212 Å². The van der Waals surface area contributed by atoms with Crippen LogP contribution in [0.3, 0.4) is 0 Å². The zero-order valence-electron chi connectivity index (χ0n) is 38.4. The molecule has 1 amide bonds. The molecule has 14 nitrogen and oxygen atoms in total. The summed E-state index contributed by atoms with van der Waals surface area (Å²) in [6.45, 7) is 26.7. The Kier molecular flexibility index (Phi) is 14.7. The second-order valence-electron chi connectivity index (χ2n) is 19.4. The van der Waals surface area contributed by atoms with Crippen molar-refractivity contribution in [1.29, 1.82) is 0 Å². The summed E-state index contributed by atoms with van der Waals surface area (Å²) in [4.78, 5) is 56.2. The second kappa shape index (κ2) is 17.5. The molecule has 11 atom stereocenters. The third-order valence-corrected chi connectivity index (χ3v) is 24.2. The number of carbonyl (C=O) groups is 4. The summed E-state index contributed by atoms with van der Waals surface area (Å²) in [6.07, 6.45) is -8.46. The Bertz CT molecular complexity index is 1610. The van der Waals surface area contributed by atoms with Crippen LogP contribution in [0.1, 0.15) is 117 Å². The molecule has 0 aromatic carbocycles. The molecule has 2 saturated carbocycles. The maximum Gasteiger partial charge on any atom is 0.407 e. The van der Waals surface area contributed by atoms with Gasteiger partial charge in [-0.3, -0.25) is 9.59 Å². The molecule has 4 rings (SSSR count). The van der Waals surface area contributed by atoms with Gasteiger partial charge in [-0.1, -0.05) is 55.4 Å². The summed E-state index contributed by atoms with van der Waals surface area (Å²) < 4.78 is 37.8. The van der Waals surface area contributed by atoms with Crippen molar-refractivity contribution < 1.29 is 62.3 Å². The molecule has 0 spiro atoms. The van der Waals surface area contributed by atoms with Gasteiger partial charge in [0.1, 0.15) is 35.1 Å². The molecule has 0 radical (unpaired) electrons. The molecule has 2 bridgehead atoms. The highest BCUT2D eigenvalue weighted by Crippen LogP contribution is 2.64. The van der Waals surface area contributed by atoms with Gasteiger partial charge in [0, 0.05) is 31.1 Å². The average Bonchev–Trinajstić information content (AvgIpc) is 3.14. The van der Waals surface area contributed by atoms with E-state index in [9.17, 15) is 29.7 Å². The first kappa shape index (κ1) is 49.5. The Hall–Kier alpha value is -2.19. The monoisotopic (exact) mass is 869 g/mol. The number of Topliss-reactive ketones (excluding diaryl/α,β-unsaturated/α-hetero) is 1. The van der Waals surface area contributed by atoms with Gasteiger partial charge >= 0.3 is 18.0 Å². The second-order valence-corrected chi connectivity index (χ2v) is 28.9. The van der Waals surface area contributed by atoms with Crippen LogP contribution in [0.5, 0.6) is 0 Å². The van der Waals surface area contributed by atoms with E-state index in [1.165, 1.54) is 6.92 Å². The maximum atomic E-state index is 15.4. The van der Waals surface area contributed by atoms with Gasteiger partial charge in [0.2, 0.25) is 0 Å². The number of hydrogen-bond acceptors (Lipinski definition) is 13. The van der Waals surface area contributed by atoms with Crippen LogP contribution in [0.15, 0.2) is 11.1 Å². The number of nitrogens with one attached hydrogen (secondary N) is 1. The quantitative estimate of drug-likeness (QED) is 0.0639. The number of carbonyl (C=O) groups excluding carboxylic acids is 4. The molecule has 4 aliphatic rings. The molecule has 0 aromatic rings. The van der Waals surface area contributed by atoms with Crippen LogP contribution in [0.2, 0.25) is 36.3 Å². The summed E-state index contributed by atoms with van der Waals surface area (Å²) >= 11 is 0. The van der Waals surface area contributed by atoms with Crippen molar-refractivity contribution >= 4 is 40.4 Å². The van der Waals surface area contributed by atoms with Crippen molar-refractivity contribution in [1.82, 2.24) is 5.32 Å². The number of amides is 1. The smallest absolute Gasteiger partial charge is 0.407 e. The van der Waals surface area contributed by atoms with Crippen LogP contribution in [0.4, 0.5) is 4.79 Å². The average molecular weight is 870 g/mol. The summed E-state index contributed by atoms with van der Waals surface area (Å²) in [6, 6.07) is 3.46. The van der Waals surface area contributed by atoms with Gasteiger partial charge in [-0.15, -0.1) is 0 Å². The fourth-order valence-electron chi connectivity index (χ4n) is 10.6. The summed E-state index contributed by atoms with van der Waals surface area (Å²) in [5.41, 5.74) is -7.34. The van der Waals surface area contributed by atoms with E-state index in [0.29, 0.717) is 23.7 Å². The van der Waals surface area contributed by atoms with Crippen molar-refractivity contribution in [2.75, 3.05) is 6.61 Å². The van der Waals surface area contributed by atoms with Gasteiger partial charge in [0.15, 0.2) is 28.5 Å². The summed E-state index contributed by atoms with van der Waals surface area (Å²) in [7, 11) is -4.99. The number of ketones is 1. The lowest BCUT2D eigenvalue weighted by atomic mass is 9.44. The predicted octanol–water partition coefficient (Wildman–Crippen LogP) is 6.10. The first-order chi connectivity index (χ1) is 27.2. The minimum absolute atomic E-state index is 0.130. The van der Waals surface area contributed by atoms with E-state index < -0.39 is 117 Å². The largest absolute Gasteiger partial charge is 0.459 e. The van der Waals surface area contributed by atoms with Crippen LogP contribution in [-0.2, 0) is 42.2 Å². The zero-order valence-corrected chi connectivity index (χ0v) is 40.4. The van der Waals surface area contributed by atoms with Crippen molar-refractivity contribution in [3.8, 4) is 0 Å². The fourth-order valence-corrected chi connectivity index (χ4v) is 16.4. The molecule has 1 heterocycles. The number of fused-ring (bicyclic) bond motifs is 5. The van der Waals surface area contributed by atoms with Gasteiger partial charge in [0.05, 0.1) is 30.3 Å². The lowest BCUT2D eigenvalue weighted by Gasteiger charge is -2.67. The maximum absolute atomic E-state index is 15.4. The van der Waals surface area contributed by atoms with Crippen LogP contribution in [0, 0.1) is 16.7 Å². The number of rotatable bonds is 15. The van der Waals surface area contributed by atoms with Gasteiger partial charge in [-0.2, -0.15) is 0 Å². The molecule has 1 aliphatic heterocycles. The highest BCUT2D eigenvalue weighted by Gasteiger charge is 2.77. The van der Waals surface area contributed by atoms with Crippen LogP contribution >= 0.6 is 0 Å². The van der Waals surface area contributed by atoms with Crippen LogP contribution in [0.25, 0.3) is 0 Å². The van der Waals surface area contributed by atoms with E-state index in [1.807, 2.05) is 20.8 Å². The summed E-state index contributed by atoms with van der Waals surface area (Å²) in [5.74, 6) is -3.52. The lowest BCUT2D eigenvalue weighted by Crippen LogP contribution is -2.81. The zero-order chi connectivity index (χ0) is 44.9. The molecule has 338 valence electrons. The van der Waals surface area contributed by atoms with E-state index in [0.717, 1.165) is 18.1 Å². The van der Waals surface area contributed by atoms with Gasteiger partial charge in [0.25, 0.3) is 0 Å². The third kappa shape index (κ3) is 8.64. The molecule has 0 aromatic heterocycles. The highest BCUT2D eigenvalue weighted by atomic mass is 28.4. The Morgan fingerprint density at radius 1 is 0.932 bits per heavy atom. The molecule has 59 heavy (non-hydrogen) atoms. The molecule has 4 N–H and O–H groups in total. The number of alkyl carbamates (subject to hydrolysis) is 1. The number of aliphatic hydroxyl groups excluding tert-OH is 1. The number of hydrogen-bond donors (Lipinski definition) is 4. The van der Waals surface area contributed by atoms with Crippen LogP contribution < -0.4 is 5.32 Å². The Morgan fingerprint density at radius 3 is 1.93 bits per heavy atom. The SMILES string of the molecule is CC[Si](CC)(CC)O[C@H]1C[C@H]2OC[C@@]2(O)[C@H]2[C@H](OC(C)=O)[C@]3(O)CC(OC(=O)[C@H](O[Si](CC)(CC)CC)[C@H](C)NC(=O)OC(C)(C)C)C(C)=C([C@@H](O)C(=O)[C@]12C)C3(C)C. The van der Waals surface area contributed by atoms with Crippen LogP contribution in [-0.4, -0.2) is 122 Å². The van der Waals surface area contributed by atoms with E-state index >= 15 is 4.79 Å². The Morgan fingerprint density at radius 2 is 1.47 bits per heavy atom. The van der Waals surface area contributed by atoms with Gasteiger partial charge in [-0.05, 0) is 89.0 Å². The standard InChI is InChI=1S/C43H75NO13Si2/c1-16-58(17-2,18-3)56-29-22-30-42(50,24-52-30)34-36(53-27(9)45)43(51)23-28(25(7)31(40(43,13)14)32(46)35(47)41(29,34)15)54-37(48)33(57-59(19-4,20-5)21-6)26(8)44-38(49)55-39(10,11)12/h26,28-30,32-34,36,46,50-51H,16-24H2,1-15H3,(H,44,49)/t26-,28?,29-,30+,32+,33+,34-,36-,41+,42-,43+/m0/s1. The van der Waals surface area contributed by atoms with Gasteiger partial charge < -0.3 is 48.4 Å². The van der Waals surface area contributed by atoms with E-state index in [2.05, 4.69) is 26.1 Å².